The fraction of sp³-hybridized carbons (Fsp3) is 0.261. The molecule has 0 aliphatic heterocycles. The third kappa shape index (κ3) is 4.96. The second-order valence-corrected chi connectivity index (χ2v) is 7.24. The topological polar surface area (TPSA) is 34.6 Å². The summed E-state index contributed by atoms with van der Waals surface area (Å²) in [4.78, 5) is 6.90. The Morgan fingerprint density at radius 1 is 0.857 bits per heavy atom. The number of rotatable bonds is 8. The largest absolute Gasteiger partial charge is 0.497 e. The summed E-state index contributed by atoms with van der Waals surface area (Å²) in [6, 6.07) is 20.2. The van der Waals surface area contributed by atoms with Crippen molar-refractivity contribution in [2.75, 3.05) is 19.1 Å². The number of ether oxygens (including phenoxy) is 2. The number of methoxy groups -OCH3 is 2. The number of benzene rings is 2. The second kappa shape index (κ2) is 9.47. The standard InChI is InChI=1S/C23H25ClN2O2/c1-17(24)22-5-4-14-25-23(22)26(15-18-6-10-20(27-2)11-7-18)16-19-8-12-21(28-3)13-9-19/h4-14,17H,15-16H2,1-3H3. The molecule has 0 saturated carbocycles. The van der Waals surface area contributed by atoms with Gasteiger partial charge >= 0.3 is 0 Å². The van der Waals surface area contributed by atoms with Crippen molar-refractivity contribution in [1.29, 1.82) is 0 Å². The molecule has 4 nitrogen and oxygen atoms in total. The molecule has 1 atom stereocenters. The van der Waals surface area contributed by atoms with Gasteiger partial charge in [-0.15, -0.1) is 11.6 Å². The van der Waals surface area contributed by atoms with E-state index in [4.69, 9.17) is 21.1 Å². The minimum absolute atomic E-state index is 0.127. The molecule has 3 aromatic rings. The van der Waals surface area contributed by atoms with Gasteiger partial charge in [-0.3, -0.25) is 0 Å². The second-order valence-electron chi connectivity index (χ2n) is 6.58. The molecule has 1 heterocycles. The zero-order valence-electron chi connectivity index (χ0n) is 16.4. The number of hydrogen-bond donors (Lipinski definition) is 0. The smallest absolute Gasteiger partial charge is 0.133 e. The summed E-state index contributed by atoms with van der Waals surface area (Å²) in [6.07, 6.45) is 1.81. The lowest BCUT2D eigenvalue weighted by molar-refractivity contribution is 0.414. The molecule has 5 heteroatoms. The van der Waals surface area contributed by atoms with Crippen molar-refractivity contribution >= 4 is 17.4 Å². The molecular formula is C23H25ClN2O2. The molecule has 0 amide bonds. The van der Waals surface area contributed by atoms with E-state index < -0.39 is 0 Å². The maximum absolute atomic E-state index is 6.44. The number of pyridine rings is 1. The molecule has 146 valence electrons. The lowest BCUT2D eigenvalue weighted by atomic mass is 10.1. The van der Waals surface area contributed by atoms with Crippen LogP contribution in [0.4, 0.5) is 5.82 Å². The van der Waals surface area contributed by atoms with Crippen LogP contribution in [-0.4, -0.2) is 19.2 Å². The molecular weight excluding hydrogens is 372 g/mol. The van der Waals surface area contributed by atoms with Gasteiger partial charge < -0.3 is 14.4 Å². The average Bonchev–Trinajstić information content (AvgIpc) is 2.74. The molecule has 3 rings (SSSR count). The molecule has 28 heavy (non-hydrogen) atoms. The van der Waals surface area contributed by atoms with E-state index in [9.17, 15) is 0 Å². The molecule has 0 radical (unpaired) electrons. The van der Waals surface area contributed by atoms with Gasteiger partial charge in [0, 0.05) is 24.8 Å². The Balaban J connectivity index is 1.92. The maximum atomic E-state index is 6.44. The van der Waals surface area contributed by atoms with Gasteiger partial charge in [0.05, 0.1) is 19.6 Å². The first-order chi connectivity index (χ1) is 13.6. The molecule has 0 spiro atoms. The highest BCUT2D eigenvalue weighted by molar-refractivity contribution is 6.20. The SMILES string of the molecule is COc1ccc(CN(Cc2ccc(OC)cc2)c2ncccc2C(C)Cl)cc1. The zero-order chi connectivity index (χ0) is 19.9. The summed E-state index contributed by atoms with van der Waals surface area (Å²) in [6.45, 7) is 3.40. The molecule has 0 saturated heterocycles. The summed E-state index contributed by atoms with van der Waals surface area (Å²) >= 11 is 6.44. The Hall–Kier alpha value is -2.72. The number of hydrogen-bond acceptors (Lipinski definition) is 4. The summed E-state index contributed by atoms with van der Waals surface area (Å²) in [5, 5.41) is -0.127. The van der Waals surface area contributed by atoms with E-state index in [-0.39, 0.29) is 5.38 Å². The highest BCUT2D eigenvalue weighted by atomic mass is 35.5. The minimum atomic E-state index is -0.127. The van der Waals surface area contributed by atoms with E-state index in [2.05, 4.69) is 34.1 Å². The van der Waals surface area contributed by atoms with Crippen molar-refractivity contribution in [1.82, 2.24) is 4.98 Å². The van der Waals surface area contributed by atoms with Crippen LogP contribution in [-0.2, 0) is 13.1 Å². The van der Waals surface area contributed by atoms with Crippen LogP contribution >= 0.6 is 11.6 Å². The fourth-order valence-electron chi connectivity index (χ4n) is 3.09. The van der Waals surface area contributed by atoms with Gasteiger partial charge in [-0.2, -0.15) is 0 Å². The summed E-state index contributed by atoms with van der Waals surface area (Å²) < 4.78 is 10.5. The number of anilines is 1. The summed E-state index contributed by atoms with van der Waals surface area (Å²) in [7, 11) is 3.35. The molecule has 0 aliphatic rings. The van der Waals surface area contributed by atoms with Crippen LogP contribution in [0.2, 0.25) is 0 Å². The van der Waals surface area contributed by atoms with Crippen molar-refractivity contribution in [2.24, 2.45) is 0 Å². The lowest BCUT2D eigenvalue weighted by Crippen LogP contribution is -2.24. The average molecular weight is 397 g/mol. The van der Waals surface area contributed by atoms with Crippen LogP contribution in [0.15, 0.2) is 66.9 Å². The van der Waals surface area contributed by atoms with Crippen LogP contribution < -0.4 is 14.4 Å². The third-order valence-electron chi connectivity index (χ3n) is 4.61. The van der Waals surface area contributed by atoms with E-state index >= 15 is 0 Å². The van der Waals surface area contributed by atoms with Crippen molar-refractivity contribution in [3.05, 3.63) is 83.6 Å². The van der Waals surface area contributed by atoms with Gasteiger partial charge in [-0.05, 0) is 48.4 Å². The molecule has 0 fully saturated rings. The highest BCUT2D eigenvalue weighted by Gasteiger charge is 2.17. The maximum Gasteiger partial charge on any atom is 0.133 e. The van der Waals surface area contributed by atoms with E-state index in [1.54, 1.807) is 14.2 Å². The van der Waals surface area contributed by atoms with Crippen molar-refractivity contribution in [3.63, 3.8) is 0 Å². The highest BCUT2D eigenvalue weighted by Crippen LogP contribution is 2.30. The van der Waals surface area contributed by atoms with Gasteiger partial charge in [-0.25, -0.2) is 4.98 Å². The first kappa shape index (κ1) is 20.0. The van der Waals surface area contributed by atoms with E-state index in [1.807, 2.05) is 49.5 Å². The quantitative estimate of drug-likeness (QED) is 0.464. The molecule has 2 aromatic carbocycles. The van der Waals surface area contributed by atoms with Crippen molar-refractivity contribution in [2.45, 2.75) is 25.4 Å². The lowest BCUT2D eigenvalue weighted by Gasteiger charge is -2.27. The Bertz CT molecular complexity index is 830. The van der Waals surface area contributed by atoms with Crippen LogP contribution in [0, 0.1) is 0 Å². The predicted octanol–water partition coefficient (Wildman–Crippen LogP) is 5.61. The molecule has 0 N–H and O–H groups in total. The van der Waals surface area contributed by atoms with Crippen LogP contribution in [0.25, 0.3) is 0 Å². The Morgan fingerprint density at radius 3 is 1.79 bits per heavy atom. The number of nitrogens with zero attached hydrogens (tertiary/aromatic N) is 2. The number of halogens is 1. The molecule has 1 aromatic heterocycles. The fourth-order valence-corrected chi connectivity index (χ4v) is 3.26. The molecule has 0 bridgehead atoms. The first-order valence-corrected chi connectivity index (χ1v) is 9.64. The van der Waals surface area contributed by atoms with E-state index in [0.29, 0.717) is 13.1 Å². The van der Waals surface area contributed by atoms with Crippen molar-refractivity contribution in [3.8, 4) is 11.5 Å². The Kier molecular flexibility index (Phi) is 6.77. The van der Waals surface area contributed by atoms with Crippen molar-refractivity contribution < 1.29 is 9.47 Å². The predicted molar refractivity (Wildman–Crippen MR) is 114 cm³/mol. The normalized spacial score (nSPS) is 11.7. The molecule has 1 unspecified atom stereocenters. The minimum Gasteiger partial charge on any atom is -0.497 e. The summed E-state index contributed by atoms with van der Waals surface area (Å²) in [5.74, 6) is 2.59. The van der Waals surface area contributed by atoms with Crippen LogP contribution in [0.5, 0.6) is 11.5 Å². The van der Waals surface area contributed by atoms with Gasteiger partial charge in [-0.1, -0.05) is 30.3 Å². The van der Waals surface area contributed by atoms with E-state index in [1.165, 1.54) is 11.1 Å². The molecule has 0 aliphatic carbocycles. The van der Waals surface area contributed by atoms with E-state index in [0.717, 1.165) is 22.9 Å². The summed E-state index contributed by atoms with van der Waals surface area (Å²) in [5.41, 5.74) is 3.37. The monoisotopic (exact) mass is 396 g/mol. The van der Waals surface area contributed by atoms with Gasteiger partial charge in [0.1, 0.15) is 17.3 Å². The zero-order valence-corrected chi connectivity index (χ0v) is 17.2. The van der Waals surface area contributed by atoms with Crippen LogP contribution in [0.1, 0.15) is 29.0 Å². The Labute approximate surface area is 171 Å². The third-order valence-corrected chi connectivity index (χ3v) is 4.85. The van der Waals surface area contributed by atoms with Gasteiger partial charge in [0.15, 0.2) is 0 Å². The van der Waals surface area contributed by atoms with Crippen LogP contribution in [0.3, 0.4) is 0 Å². The first-order valence-electron chi connectivity index (χ1n) is 9.20. The van der Waals surface area contributed by atoms with Gasteiger partial charge in [0.2, 0.25) is 0 Å². The number of aromatic nitrogens is 1. The Morgan fingerprint density at radius 2 is 1.36 bits per heavy atom. The number of alkyl halides is 1. The van der Waals surface area contributed by atoms with Gasteiger partial charge in [0.25, 0.3) is 0 Å².